The highest BCUT2D eigenvalue weighted by molar-refractivity contribution is 7.84. The Balaban J connectivity index is 0.000000185. The summed E-state index contributed by atoms with van der Waals surface area (Å²) in [6.45, 7) is 10.6. The summed E-state index contributed by atoms with van der Waals surface area (Å²) in [6.07, 6.45) is 10.6. The number of aryl methyl sites for hydroxylation is 2. The van der Waals surface area contributed by atoms with Gasteiger partial charge in [0, 0.05) is 47.3 Å². The smallest absolute Gasteiger partial charge is 0.252 e. The Bertz CT molecular complexity index is 1720. The van der Waals surface area contributed by atoms with Crippen LogP contribution in [0, 0.1) is 13.8 Å². The molecule has 0 radical (unpaired) electrons. The van der Waals surface area contributed by atoms with Gasteiger partial charge in [0.15, 0.2) is 5.43 Å². The number of carbonyl (C=O) groups excluding carboxylic acids is 3. The van der Waals surface area contributed by atoms with E-state index in [0.717, 1.165) is 91.0 Å². The van der Waals surface area contributed by atoms with E-state index >= 15 is 0 Å². The second-order valence-electron chi connectivity index (χ2n) is 12.7. The van der Waals surface area contributed by atoms with Crippen molar-refractivity contribution in [3.63, 3.8) is 0 Å². The quantitative estimate of drug-likeness (QED) is 0.121. The largest absolute Gasteiger partial charge is 0.496 e. The topological polar surface area (TPSA) is 160 Å². The predicted octanol–water partition coefficient (Wildman–Crippen LogP) is 4.85. The van der Waals surface area contributed by atoms with Crippen molar-refractivity contribution >= 4 is 51.4 Å². The molecule has 2 aromatic heterocycles. The predicted molar refractivity (Wildman–Crippen MR) is 197 cm³/mol. The third kappa shape index (κ3) is 11.1. The third-order valence-corrected chi connectivity index (χ3v) is 11.0. The standard InChI is InChI=1S/C17H28N2O3.C15H14N2O2S.C4H7NO2S/c1-3-4-5-6-12-22-13(2)17(21)19-11-7-8-15(19)16(20)18-14-9-10-14;1-8-7-20-15(16-8)11-6-12(18)10-4-5-13(19-3)9(2)14(10)17-11;6-3-5-8(7)4-1-2-4/h3,13-15H,1,4-12H2,2H3,(H,18,20);4-7H,1-3H3,(H,17,18);3-4H,1-2H2,(H,5,6)/t13-,15?;;/m1../s1. The number of hydrogen-bond donors (Lipinski definition) is 3. The highest BCUT2D eigenvalue weighted by Crippen LogP contribution is 2.28. The second kappa shape index (κ2) is 18.9. The van der Waals surface area contributed by atoms with Crippen molar-refractivity contribution in [3.8, 4) is 16.5 Å². The van der Waals surface area contributed by atoms with E-state index in [1.54, 1.807) is 31.1 Å². The lowest BCUT2D eigenvalue weighted by Crippen LogP contribution is -2.49. The van der Waals surface area contributed by atoms with E-state index in [4.69, 9.17) is 9.47 Å². The van der Waals surface area contributed by atoms with E-state index in [9.17, 15) is 23.4 Å². The van der Waals surface area contributed by atoms with Crippen molar-refractivity contribution in [2.75, 3.05) is 20.3 Å². The first-order chi connectivity index (χ1) is 24.1. The van der Waals surface area contributed by atoms with Gasteiger partial charge in [-0.05, 0) is 90.7 Å². The zero-order valence-corrected chi connectivity index (χ0v) is 31.0. The molecule has 1 aromatic carbocycles. The lowest BCUT2D eigenvalue weighted by Gasteiger charge is -2.26. The van der Waals surface area contributed by atoms with Crippen LogP contribution in [0.5, 0.6) is 5.75 Å². The molecule has 3 aliphatic rings. The van der Waals surface area contributed by atoms with Crippen LogP contribution in [0.15, 0.2) is 41.0 Å². The SMILES string of the molecule is C=CCCCCO[C@H](C)C(=O)N1CCCC1C(=O)NC1CC1.COc1ccc2c(=O)cc(-c3nc(C)cs3)[nH]c2c1C.O=CNS(=O)C1CC1. The minimum Gasteiger partial charge on any atom is -0.496 e. The summed E-state index contributed by atoms with van der Waals surface area (Å²) in [6, 6.07) is 5.24. The molecule has 14 heteroatoms. The van der Waals surface area contributed by atoms with Gasteiger partial charge in [-0.15, -0.1) is 17.9 Å². The fourth-order valence-corrected chi connectivity index (χ4v) is 7.08. The number of benzene rings is 1. The van der Waals surface area contributed by atoms with Crippen LogP contribution >= 0.6 is 11.3 Å². The monoisotopic (exact) mass is 727 g/mol. The number of allylic oxidation sites excluding steroid dienone is 1. The van der Waals surface area contributed by atoms with Gasteiger partial charge in [-0.2, -0.15) is 0 Å². The summed E-state index contributed by atoms with van der Waals surface area (Å²) >= 11 is 1.52. The van der Waals surface area contributed by atoms with Gasteiger partial charge in [0.05, 0.1) is 23.6 Å². The minimum absolute atomic E-state index is 0.00605. The van der Waals surface area contributed by atoms with Crippen LogP contribution in [0.2, 0.25) is 0 Å². The van der Waals surface area contributed by atoms with Gasteiger partial charge in [0.2, 0.25) is 12.3 Å². The fraction of sp³-hybridized carbons (Fsp3) is 0.528. The molecule has 3 aromatic rings. The summed E-state index contributed by atoms with van der Waals surface area (Å²) in [4.78, 5) is 56.0. The maximum absolute atomic E-state index is 12.5. The molecule has 1 aliphatic heterocycles. The molecule has 50 heavy (non-hydrogen) atoms. The normalized spacial score (nSPS) is 17.8. The van der Waals surface area contributed by atoms with Gasteiger partial charge in [0.1, 0.15) is 33.9 Å². The lowest BCUT2D eigenvalue weighted by molar-refractivity contribution is -0.147. The zero-order valence-electron chi connectivity index (χ0n) is 29.3. The van der Waals surface area contributed by atoms with Crippen LogP contribution in [0.1, 0.15) is 76.0 Å². The molecule has 0 spiro atoms. The molecule has 12 nitrogen and oxygen atoms in total. The van der Waals surface area contributed by atoms with Gasteiger partial charge >= 0.3 is 0 Å². The maximum Gasteiger partial charge on any atom is 0.252 e. The van der Waals surface area contributed by atoms with E-state index in [-0.39, 0.29) is 28.5 Å². The van der Waals surface area contributed by atoms with E-state index in [1.165, 1.54) is 11.3 Å². The number of H-pyrrole nitrogens is 1. The van der Waals surface area contributed by atoms with Crippen molar-refractivity contribution in [2.45, 2.75) is 102 Å². The van der Waals surface area contributed by atoms with Crippen molar-refractivity contribution in [2.24, 2.45) is 0 Å². The number of thiazole rings is 1. The summed E-state index contributed by atoms with van der Waals surface area (Å²) < 4.78 is 23.7. The first-order valence-corrected chi connectivity index (χ1v) is 19.2. The highest BCUT2D eigenvalue weighted by Gasteiger charge is 2.38. The number of ether oxygens (including phenoxy) is 2. The molecule has 6 rings (SSSR count). The van der Waals surface area contributed by atoms with Crippen molar-refractivity contribution in [3.05, 3.63) is 57.7 Å². The Morgan fingerprint density at radius 3 is 2.58 bits per heavy atom. The van der Waals surface area contributed by atoms with Gasteiger partial charge in [-0.25, -0.2) is 9.19 Å². The molecule has 2 saturated carbocycles. The molecule has 3 amide bonds. The third-order valence-electron chi connectivity index (χ3n) is 8.56. The first kappa shape index (κ1) is 38.9. The summed E-state index contributed by atoms with van der Waals surface area (Å²) in [5.41, 5.74) is 3.43. The lowest BCUT2D eigenvalue weighted by atomic mass is 10.1. The maximum atomic E-state index is 12.5. The summed E-state index contributed by atoms with van der Waals surface area (Å²) in [5.74, 6) is 0.712. The summed E-state index contributed by atoms with van der Waals surface area (Å²) in [7, 11) is 0.547. The Kier molecular flexibility index (Phi) is 14.7. The first-order valence-electron chi connectivity index (χ1n) is 17.1. The number of unbranched alkanes of at least 4 members (excludes halogenated alkanes) is 2. The number of carbonyl (C=O) groups is 3. The minimum atomic E-state index is -1.08. The molecule has 0 bridgehead atoms. The van der Waals surface area contributed by atoms with Crippen LogP contribution < -0.4 is 20.2 Å². The molecule has 3 atom stereocenters. The number of aromatic nitrogens is 2. The number of pyridine rings is 1. The van der Waals surface area contributed by atoms with Crippen LogP contribution in [-0.4, -0.2) is 81.0 Å². The van der Waals surface area contributed by atoms with E-state index < -0.39 is 17.1 Å². The van der Waals surface area contributed by atoms with Crippen molar-refractivity contribution in [1.82, 2.24) is 24.9 Å². The highest BCUT2D eigenvalue weighted by atomic mass is 32.2. The number of nitrogens with one attached hydrogen (secondary N) is 3. The molecule has 3 N–H and O–H groups in total. The number of fused-ring (bicyclic) bond motifs is 1. The number of likely N-dealkylation sites (tertiary alicyclic amines) is 1. The van der Waals surface area contributed by atoms with E-state index in [1.807, 2.05) is 31.4 Å². The molecular weight excluding hydrogens is 679 g/mol. The average Bonchev–Trinajstić information content (AvgIpc) is 4.03. The summed E-state index contributed by atoms with van der Waals surface area (Å²) in [5, 5.41) is 6.71. The van der Waals surface area contributed by atoms with E-state index in [2.05, 4.69) is 26.6 Å². The molecular formula is C36H49N5O7S2. The van der Waals surface area contributed by atoms with Crippen LogP contribution in [0.3, 0.4) is 0 Å². The second-order valence-corrected chi connectivity index (χ2v) is 15.0. The van der Waals surface area contributed by atoms with Crippen molar-refractivity contribution < 1.29 is 28.1 Å². The van der Waals surface area contributed by atoms with Gasteiger partial charge in [0.25, 0.3) is 5.91 Å². The number of methoxy groups -OCH3 is 1. The molecule has 2 aliphatic carbocycles. The Morgan fingerprint density at radius 1 is 1.20 bits per heavy atom. The number of rotatable bonds is 14. The molecule has 3 fully saturated rings. The number of hydrogen-bond acceptors (Lipinski definition) is 9. The Labute approximate surface area is 300 Å². The van der Waals surface area contributed by atoms with Crippen LogP contribution in [0.4, 0.5) is 0 Å². The Morgan fingerprint density at radius 2 is 1.96 bits per heavy atom. The average molecular weight is 728 g/mol. The number of amides is 3. The Hall–Kier alpha value is -3.88. The number of nitrogens with zero attached hydrogens (tertiary/aromatic N) is 2. The van der Waals surface area contributed by atoms with Gasteiger partial charge in [-0.1, -0.05) is 6.08 Å². The van der Waals surface area contributed by atoms with E-state index in [0.29, 0.717) is 31.0 Å². The zero-order chi connectivity index (χ0) is 36.2. The number of aromatic amines is 1. The van der Waals surface area contributed by atoms with Crippen molar-refractivity contribution in [1.29, 1.82) is 0 Å². The molecule has 3 heterocycles. The van der Waals surface area contributed by atoms with Crippen LogP contribution in [0.25, 0.3) is 21.6 Å². The van der Waals surface area contributed by atoms with Gasteiger partial charge in [-0.3, -0.25) is 23.9 Å². The fourth-order valence-electron chi connectivity index (χ4n) is 5.46. The molecule has 1 saturated heterocycles. The molecule has 272 valence electrons. The van der Waals surface area contributed by atoms with Crippen LogP contribution in [-0.2, 0) is 30.1 Å². The molecule has 2 unspecified atom stereocenters. The van der Waals surface area contributed by atoms with Gasteiger partial charge < -0.3 is 24.7 Å².